The number of fused-ring (bicyclic) bond motifs is 1. The lowest BCUT2D eigenvalue weighted by Gasteiger charge is -2.25. The van der Waals surface area contributed by atoms with Gasteiger partial charge in [-0.1, -0.05) is 41.7 Å². The molecule has 1 aliphatic heterocycles. The summed E-state index contributed by atoms with van der Waals surface area (Å²) >= 11 is 1.59. The average Bonchev–Trinajstić information content (AvgIpc) is 3.25. The van der Waals surface area contributed by atoms with Crippen LogP contribution in [0.2, 0.25) is 0 Å². The molecule has 8 nitrogen and oxygen atoms in total. The van der Waals surface area contributed by atoms with Gasteiger partial charge < -0.3 is 15.0 Å². The van der Waals surface area contributed by atoms with Gasteiger partial charge in [0.2, 0.25) is 0 Å². The van der Waals surface area contributed by atoms with Crippen molar-refractivity contribution >= 4 is 38.3 Å². The third kappa shape index (κ3) is 4.39. The van der Waals surface area contributed by atoms with Crippen molar-refractivity contribution in [3.05, 3.63) is 82.3 Å². The molecule has 0 atom stereocenters. The van der Waals surface area contributed by atoms with Gasteiger partial charge in [0.1, 0.15) is 5.69 Å². The van der Waals surface area contributed by atoms with Crippen LogP contribution in [0.25, 0.3) is 10.2 Å². The van der Waals surface area contributed by atoms with Crippen molar-refractivity contribution in [1.29, 1.82) is 0 Å². The molecule has 1 aliphatic rings. The summed E-state index contributed by atoms with van der Waals surface area (Å²) in [4.78, 5) is 31.9. The van der Waals surface area contributed by atoms with E-state index in [1.54, 1.807) is 11.3 Å². The van der Waals surface area contributed by atoms with Crippen LogP contribution in [0.15, 0.2) is 65.5 Å². The van der Waals surface area contributed by atoms with Crippen molar-refractivity contribution in [2.24, 2.45) is 0 Å². The largest absolute Gasteiger partial charge is 0.378 e. The summed E-state index contributed by atoms with van der Waals surface area (Å²) < 4.78 is 7.70. The van der Waals surface area contributed by atoms with Gasteiger partial charge in [0.25, 0.3) is 11.5 Å². The number of carbonyl (C=O) groups excluding carboxylic acids is 1. The van der Waals surface area contributed by atoms with Crippen molar-refractivity contribution < 1.29 is 9.53 Å². The summed E-state index contributed by atoms with van der Waals surface area (Å²) in [5.74, 6) is -0.371. The first kappa shape index (κ1) is 20.3. The van der Waals surface area contributed by atoms with E-state index in [9.17, 15) is 9.59 Å². The minimum Gasteiger partial charge on any atom is -0.378 e. The fraction of sp³-hybridized carbons (Fsp3) is 0.217. The lowest BCUT2D eigenvalue weighted by atomic mass is 10.2. The van der Waals surface area contributed by atoms with E-state index in [-0.39, 0.29) is 17.2 Å². The van der Waals surface area contributed by atoms with E-state index in [1.165, 1.54) is 16.8 Å². The monoisotopic (exact) mass is 447 g/mol. The van der Waals surface area contributed by atoms with E-state index in [4.69, 9.17) is 9.72 Å². The molecule has 0 aliphatic carbocycles. The first-order valence-corrected chi connectivity index (χ1v) is 11.1. The Kier molecular flexibility index (Phi) is 5.66. The number of hydrogen-bond acceptors (Lipinski definition) is 7. The second-order valence-electron chi connectivity index (χ2n) is 7.43. The molecule has 32 heavy (non-hydrogen) atoms. The molecule has 5 rings (SSSR count). The molecular weight excluding hydrogens is 426 g/mol. The van der Waals surface area contributed by atoms with Crippen LogP contribution >= 0.6 is 11.3 Å². The Morgan fingerprint density at radius 1 is 1.06 bits per heavy atom. The first-order valence-electron chi connectivity index (χ1n) is 10.3. The molecular formula is C23H21N5O3S. The highest BCUT2D eigenvalue weighted by Gasteiger charge is 2.16. The van der Waals surface area contributed by atoms with Gasteiger partial charge in [-0.3, -0.25) is 9.59 Å². The zero-order chi connectivity index (χ0) is 21.9. The minimum absolute atomic E-state index is 0.180. The number of nitrogens with one attached hydrogen (secondary N) is 1. The van der Waals surface area contributed by atoms with E-state index in [1.807, 2.05) is 48.5 Å². The highest BCUT2D eigenvalue weighted by molar-refractivity contribution is 7.22. The zero-order valence-corrected chi connectivity index (χ0v) is 18.0. The third-order valence-corrected chi connectivity index (χ3v) is 6.27. The maximum atomic E-state index is 12.8. The predicted octanol–water partition coefficient (Wildman–Crippen LogP) is 2.99. The molecule has 0 radical (unpaired) electrons. The van der Waals surface area contributed by atoms with Crippen molar-refractivity contribution in [3.63, 3.8) is 0 Å². The van der Waals surface area contributed by atoms with Crippen LogP contribution in [0, 0.1) is 0 Å². The molecule has 9 heteroatoms. The van der Waals surface area contributed by atoms with E-state index in [0.29, 0.717) is 25.4 Å². The van der Waals surface area contributed by atoms with Crippen LogP contribution in [-0.4, -0.2) is 47.0 Å². The summed E-state index contributed by atoms with van der Waals surface area (Å²) in [5, 5.41) is 8.09. The van der Waals surface area contributed by atoms with Crippen molar-refractivity contribution in [2.45, 2.75) is 6.54 Å². The standard InChI is InChI=1S/C23H21N5O3S/c29-21-9-8-19(26-28(21)15-16-4-2-1-3-5-16)22(30)24-17-6-7-18-20(14-17)32-23(25-18)27-10-12-31-13-11-27/h1-9,14H,10-13,15H2,(H,24,30). The van der Waals surface area contributed by atoms with Gasteiger partial charge in [0.05, 0.1) is 30.0 Å². The van der Waals surface area contributed by atoms with Crippen LogP contribution in [0.4, 0.5) is 10.8 Å². The van der Waals surface area contributed by atoms with Gasteiger partial charge >= 0.3 is 0 Å². The lowest BCUT2D eigenvalue weighted by Crippen LogP contribution is -2.36. The fourth-order valence-electron chi connectivity index (χ4n) is 3.51. The first-order chi connectivity index (χ1) is 15.7. The Bertz CT molecular complexity index is 1310. The molecule has 1 fully saturated rings. The Labute approximate surface area is 188 Å². The van der Waals surface area contributed by atoms with Crippen LogP contribution in [0.1, 0.15) is 16.1 Å². The fourth-order valence-corrected chi connectivity index (χ4v) is 4.57. The molecule has 0 unspecified atom stereocenters. The molecule has 1 N–H and O–H groups in total. The van der Waals surface area contributed by atoms with Gasteiger partial charge in [0, 0.05) is 24.8 Å². The van der Waals surface area contributed by atoms with E-state index >= 15 is 0 Å². The van der Waals surface area contributed by atoms with Gasteiger partial charge in [-0.05, 0) is 29.8 Å². The second kappa shape index (κ2) is 8.89. The number of hydrogen-bond donors (Lipinski definition) is 1. The topological polar surface area (TPSA) is 89.4 Å². The van der Waals surface area contributed by atoms with Gasteiger partial charge in [-0.25, -0.2) is 9.67 Å². The smallest absolute Gasteiger partial charge is 0.276 e. The number of amides is 1. The second-order valence-corrected chi connectivity index (χ2v) is 8.44. The molecule has 162 valence electrons. The molecule has 2 aromatic heterocycles. The Hall–Kier alpha value is -3.56. The molecule has 1 amide bonds. The highest BCUT2D eigenvalue weighted by Crippen LogP contribution is 2.31. The van der Waals surface area contributed by atoms with Crippen LogP contribution < -0.4 is 15.8 Å². The maximum absolute atomic E-state index is 12.8. The summed E-state index contributed by atoms with van der Waals surface area (Å²) in [7, 11) is 0. The highest BCUT2D eigenvalue weighted by atomic mass is 32.1. The zero-order valence-electron chi connectivity index (χ0n) is 17.2. The van der Waals surface area contributed by atoms with Gasteiger partial charge in [-0.2, -0.15) is 5.10 Å². The van der Waals surface area contributed by atoms with Gasteiger partial charge in [0.15, 0.2) is 5.13 Å². The number of thiazole rings is 1. The molecule has 3 heterocycles. The number of anilines is 2. The SMILES string of the molecule is O=C(Nc1ccc2nc(N3CCOCC3)sc2c1)c1ccc(=O)n(Cc2ccccc2)n1. The number of aromatic nitrogens is 3. The van der Waals surface area contributed by atoms with Crippen molar-refractivity contribution in [1.82, 2.24) is 14.8 Å². The molecule has 0 spiro atoms. The Morgan fingerprint density at radius 3 is 2.69 bits per heavy atom. The molecule has 1 saturated heterocycles. The summed E-state index contributed by atoms with van der Waals surface area (Å²) in [5.41, 5.74) is 2.41. The van der Waals surface area contributed by atoms with E-state index in [2.05, 4.69) is 15.3 Å². The average molecular weight is 448 g/mol. The van der Waals surface area contributed by atoms with Gasteiger partial charge in [-0.15, -0.1) is 0 Å². The predicted molar refractivity (Wildman–Crippen MR) is 125 cm³/mol. The summed E-state index contributed by atoms with van der Waals surface area (Å²) in [6.45, 7) is 3.37. The normalized spacial score (nSPS) is 13.9. The molecule has 4 aromatic rings. The number of rotatable bonds is 5. The van der Waals surface area contributed by atoms with Crippen LogP contribution in [-0.2, 0) is 11.3 Å². The summed E-state index contributed by atoms with van der Waals surface area (Å²) in [6, 6.07) is 18.0. The quantitative estimate of drug-likeness (QED) is 0.506. The lowest BCUT2D eigenvalue weighted by molar-refractivity contribution is 0.102. The number of morpholine rings is 1. The molecule has 0 bridgehead atoms. The van der Waals surface area contributed by atoms with Crippen molar-refractivity contribution in [2.75, 3.05) is 36.5 Å². The Morgan fingerprint density at radius 2 is 1.88 bits per heavy atom. The number of benzene rings is 2. The maximum Gasteiger partial charge on any atom is 0.276 e. The minimum atomic E-state index is -0.371. The third-order valence-electron chi connectivity index (χ3n) is 5.19. The molecule has 2 aromatic carbocycles. The summed E-state index contributed by atoms with van der Waals surface area (Å²) in [6.07, 6.45) is 0. The number of carbonyl (C=O) groups is 1. The van der Waals surface area contributed by atoms with Crippen molar-refractivity contribution in [3.8, 4) is 0 Å². The molecule has 0 saturated carbocycles. The van der Waals surface area contributed by atoms with Crippen LogP contribution in [0.3, 0.4) is 0 Å². The van der Waals surface area contributed by atoms with E-state index < -0.39 is 0 Å². The number of nitrogens with zero attached hydrogens (tertiary/aromatic N) is 4. The van der Waals surface area contributed by atoms with Crippen LogP contribution in [0.5, 0.6) is 0 Å². The van der Waals surface area contributed by atoms with E-state index in [0.717, 1.165) is 34.0 Å². The number of ether oxygens (including phenoxy) is 1. The Balaban J connectivity index is 1.34.